The second-order valence-electron chi connectivity index (χ2n) is 7.98. The fourth-order valence-corrected chi connectivity index (χ4v) is 5.72. The monoisotopic (exact) mass is 363 g/mol. The van der Waals surface area contributed by atoms with E-state index in [0.29, 0.717) is 34.2 Å². The molecule has 4 fully saturated rings. The summed E-state index contributed by atoms with van der Waals surface area (Å²) in [6, 6.07) is 4.93. The normalized spacial score (nSPS) is 32.4. The number of aliphatic carboxylic acids is 1. The first kappa shape index (κ1) is 16.7. The highest BCUT2D eigenvalue weighted by molar-refractivity contribution is 6.32. The van der Waals surface area contributed by atoms with E-state index in [4.69, 9.17) is 21.4 Å². The Balaban J connectivity index is 1.46. The first-order chi connectivity index (χ1) is 11.9. The predicted molar refractivity (Wildman–Crippen MR) is 93.8 cm³/mol. The quantitative estimate of drug-likeness (QED) is 0.830. The average Bonchev–Trinajstić information content (AvgIpc) is 2.52. The Morgan fingerprint density at radius 1 is 1.16 bits per heavy atom. The molecule has 0 radical (unpaired) electrons. The van der Waals surface area contributed by atoms with E-state index in [1.807, 2.05) is 0 Å². The third-order valence-electron chi connectivity index (χ3n) is 6.06. The highest BCUT2D eigenvalue weighted by Crippen LogP contribution is 2.60. The second kappa shape index (κ2) is 6.20. The third kappa shape index (κ3) is 3.22. The largest absolute Gasteiger partial charge is 0.480 e. The van der Waals surface area contributed by atoms with Crippen LogP contribution in [-0.4, -0.2) is 23.6 Å². The number of amides is 1. The van der Waals surface area contributed by atoms with Gasteiger partial charge in [-0.2, -0.15) is 0 Å². The van der Waals surface area contributed by atoms with Crippen molar-refractivity contribution in [3.63, 3.8) is 0 Å². The fraction of sp³-hybridized carbons (Fsp3) is 0.579. The minimum Gasteiger partial charge on any atom is -0.480 e. The molecule has 0 atom stereocenters. The van der Waals surface area contributed by atoms with Gasteiger partial charge in [0.15, 0.2) is 6.61 Å². The molecule has 5 nitrogen and oxygen atoms in total. The van der Waals surface area contributed by atoms with Gasteiger partial charge in [0.25, 0.3) is 0 Å². The van der Waals surface area contributed by atoms with Crippen molar-refractivity contribution < 1.29 is 19.4 Å². The van der Waals surface area contributed by atoms with Crippen LogP contribution in [-0.2, 0) is 9.59 Å². The van der Waals surface area contributed by atoms with Gasteiger partial charge >= 0.3 is 5.97 Å². The maximum Gasteiger partial charge on any atom is 0.341 e. The Hall–Kier alpha value is -1.75. The van der Waals surface area contributed by atoms with Gasteiger partial charge in [-0.1, -0.05) is 11.6 Å². The van der Waals surface area contributed by atoms with Crippen molar-refractivity contribution in [3.05, 3.63) is 23.2 Å². The smallest absolute Gasteiger partial charge is 0.341 e. The van der Waals surface area contributed by atoms with E-state index in [9.17, 15) is 9.59 Å². The lowest BCUT2D eigenvalue weighted by atomic mass is 9.49. The van der Waals surface area contributed by atoms with Gasteiger partial charge in [0.2, 0.25) is 5.91 Å². The summed E-state index contributed by atoms with van der Waals surface area (Å²) in [6.45, 7) is -0.446. The summed E-state index contributed by atoms with van der Waals surface area (Å²) < 4.78 is 5.11. The number of ether oxygens (including phenoxy) is 1. The van der Waals surface area contributed by atoms with Gasteiger partial charge in [-0.3, -0.25) is 4.79 Å². The van der Waals surface area contributed by atoms with Gasteiger partial charge in [-0.15, -0.1) is 0 Å². The molecular weight excluding hydrogens is 342 g/mol. The molecule has 6 heteroatoms. The molecule has 4 bridgehead atoms. The van der Waals surface area contributed by atoms with E-state index in [1.54, 1.807) is 18.2 Å². The lowest BCUT2D eigenvalue weighted by Crippen LogP contribution is -2.51. The third-order valence-corrected chi connectivity index (χ3v) is 6.36. The fourth-order valence-electron chi connectivity index (χ4n) is 5.49. The minimum absolute atomic E-state index is 0.113. The summed E-state index contributed by atoms with van der Waals surface area (Å²) in [5.41, 5.74) is 0.424. The lowest BCUT2D eigenvalue weighted by molar-refractivity contribution is -0.140. The number of carbonyl (C=O) groups is 2. The first-order valence-electron chi connectivity index (χ1n) is 8.89. The summed E-state index contributed by atoms with van der Waals surface area (Å²) in [5, 5.41) is 12.0. The minimum atomic E-state index is -1.06. The molecule has 0 heterocycles. The Kier molecular flexibility index (Phi) is 4.14. The van der Waals surface area contributed by atoms with Crippen molar-refractivity contribution in [2.45, 2.75) is 38.5 Å². The zero-order chi connectivity index (χ0) is 17.6. The van der Waals surface area contributed by atoms with Gasteiger partial charge < -0.3 is 15.2 Å². The van der Waals surface area contributed by atoms with Gasteiger partial charge in [-0.25, -0.2) is 4.79 Å². The topological polar surface area (TPSA) is 75.6 Å². The predicted octanol–water partition coefficient (Wildman–Crippen LogP) is 3.96. The van der Waals surface area contributed by atoms with E-state index in [-0.39, 0.29) is 11.3 Å². The number of carboxylic acids is 1. The molecule has 25 heavy (non-hydrogen) atoms. The number of halogens is 1. The van der Waals surface area contributed by atoms with Gasteiger partial charge in [0.1, 0.15) is 5.75 Å². The lowest BCUT2D eigenvalue weighted by Gasteiger charge is -2.55. The molecular formula is C19H22ClNO4. The van der Waals surface area contributed by atoms with Crippen LogP contribution in [0.5, 0.6) is 5.75 Å². The zero-order valence-corrected chi connectivity index (χ0v) is 14.7. The van der Waals surface area contributed by atoms with E-state index >= 15 is 0 Å². The second-order valence-corrected chi connectivity index (χ2v) is 8.39. The van der Waals surface area contributed by atoms with Crippen LogP contribution in [0.3, 0.4) is 0 Å². The molecule has 4 aliphatic carbocycles. The van der Waals surface area contributed by atoms with Gasteiger partial charge in [-0.05, 0) is 74.5 Å². The molecule has 4 aliphatic rings. The van der Waals surface area contributed by atoms with Crippen LogP contribution in [0, 0.1) is 23.2 Å². The van der Waals surface area contributed by atoms with Crippen molar-refractivity contribution in [1.82, 2.24) is 0 Å². The number of benzene rings is 1. The molecule has 0 aromatic heterocycles. The number of anilines is 1. The number of rotatable bonds is 5. The molecule has 0 aliphatic heterocycles. The number of nitrogens with one attached hydrogen (secondary N) is 1. The number of hydrogen-bond donors (Lipinski definition) is 2. The average molecular weight is 364 g/mol. The summed E-state index contributed by atoms with van der Waals surface area (Å²) in [7, 11) is 0. The van der Waals surface area contributed by atoms with Crippen LogP contribution in [0.2, 0.25) is 5.02 Å². The van der Waals surface area contributed by atoms with Crippen molar-refractivity contribution in [3.8, 4) is 5.75 Å². The number of carboxylic acid groups (broad SMARTS) is 1. The maximum absolute atomic E-state index is 13.0. The summed E-state index contributed by atoms with van der Waals surface area (Å²) in [4.78, 5) is 23.6. The Bertz CT molecular complexity index is 682. The Morgan fingerprint density at radius 2 is 1.76 bits per heavy atom. The van der Waals surface area contributed by atoms with E-state index in [2.05, 4.69) is 5.32 Å². The summed E-state index contributed by atoms with van der Waals surface area (Å²) in [6.07, 6.45) is 6.94. The van der Waals surface area contributed by atoms with Crippen LogP contribution >= 0.6 is 11.6 Å². The molecule has 0 spiro atoms. The van der Waals surface area contributed by atoms with Crippen LogP contribution < -0.4 is 10.1 Å². The van der Waals surface area contributed by atoms with Crippen molar-refractivity contribution >= 4 is 29.2 Å². The van der Waals surface area contributed by atoms with E-state index < -0.39 is 12.6 Å². The Morgan fingerprint density at radius 3 is 2.28 bits per heavy atom. The van der Waals surface area contributed by atoms with Crippen LogP contribution in [0.1, 0.15) is 38.5 Å². The standard InChI is InChI=1S/C19H22ClNO4/c20-15-6-14(1-2-16(15)25-10-17(22)23)21-18(24)19-7-11-3-12(8-19)5-13(4-11)9-19/h1-2,6,11-13H,3-5,7-10H2,(H,21,24)(H,22,23). The SMILES string of the molecule is O=C(O)COc1ccc(NC(=O)C23CC4CC(CC(C4)C2)C3)cc1Cl. The molecule has 2 N–H and O–H groups in total. The number of hydrogen-bond acceptors (Lipinski definition) is 3. The molecule has 1 amide bonds. The molecule has 1 aromatic carbocycles. The number of carbonyl (C=O) groups excluding carboxylic acids is 1. The van der Waals surface area contributed by atoms with E-state index in [0.717, 1.165) is 19.3 Å². The molecule has 0 unspecified atom stereocenters. The van der Waals surface area contributed by atoms with Crippen molar-refractivity contribution in [2.75, 3.05) is 11.9 Å². The van der Waals surface area contributed by atoms with Crippen molar-refractivity contribution in [1.29, 1.82) is 0 Å². The summed E-state index contributed by atoms with van der Waals surface area (Å²) in [5.74, 6) is 1.50. The highest BCUT2D eigenvalue weighted by atomic mass is 35.5. The molecule has 1 aromatic rings. The van der Waals surface area contributed by atoms with E-state index in [1.165, 1.54) is 19.3 Å². The summed E-state index contributed by atoms with van der Waals surface area (Å²) >= 11 is 6.15. The van der Waals surface area contributed by atoms with Crippen molar-refractivity contribution in [2.24, 2.45) is 23.2 Å². The maximum atomic E-state index is 13.0. The Labute approximate surface area is 151 Å². The molecule has 5 rings (SSSR count). The highest BCUT2D eigenvalue weighted by Gasteiger charge is 2.54. The first-order valence-corrected chi connectivity index (χ1v) is 9.27. The van der Waals surface area contributed by atoms with Crippen LogP contribution in [0.4, 0.5) is 5.69 Å². The van der Waals surface area contributed by atoms with Gasteiger partial charge in [0, 0.05) is 5.69 Å². The zero-order valence-electron chi connectivity index (χ0n) is 14.0. The molecule has 0 saturated heterocycles. The van der Waals surface area contributed by atoms with Crippen LogP contribution in [0.15, 0.2) is 18.2 Å². The van der Waals surface area contributed by atoms with Gasteiger partial charge in [0.05, 0.1) is 10.4 Å². The molecule has 4 saturated carbocycles. The molecule has 134 valence electrons. The van der Waals surface area contributed by atoms with Crippen LogP contribution in [0.25, 0.3) is 0 Å².